The van der Waals surface area contributed by atoms with Crippen molar-refractivity contribution in [1.29, 1.82) is 0 Å². The lowest BCUT2D eigenvalue weighted by molar-refractivity contribution is 0.103. The van der Waals surface area contributed by atoms with Crippen LogP contribution in [0, 0.1) is 0 Å². The summed E-state index contributed by atoms with van der Waals surface area (Å²) in [5.74, 6) is -0.147. The maximum atomic E-state index is 11.7. The second-order valence-corrected chi connectivity index (χ2v) is 2.97. The monoisotopic (exact) mass is 187 g/mol. The van der Waals surface area contributed by atoms with E-state index in [0.717, 1.165) is 0 Å². The summed E-state index contributed by atoms with van der Waals surface area (Å²) < 4.78 is 1.73. The van der Waals surface area contributed by atoms with Gasteiger partial charge in [-0.3, -0.25) is 9.78 Å². The van der Waals surface area contributed by atoms with E-state index in [1.54, 1.807) is 41.5 Å². The number of aromatic nitrogens is 3. The molecule has 0 spiro atoms. The molecule has 0 aliphatic heterocycles. The number of hydrogen-bond acceptors (Lipinski definition) is 3. The molecule has 0 amide bonds. The quantitative estimate of drug-likeness (QED) is 0.660. The van der Waals surface area contributed by atoms with Crippen molar-refractivity contribution in [3.05, 3.63) is 48.3 Å². The van der Waals surface area contributed by atoms with E-state index in [-0.39, 0.29) is 5.78 Å². The number of carbonyl (C=O) groups excluding carboxylic acids is 1. The minimum absolute atomic E-state index is 0.147. The predicted octanol–water partition coefficient (Wildman–Crippen LogP) is 1.05. The summed E-state index contributed by atoms with van der Waals surface area (Å²) >= 11 is 0. The molecule has 0 aliphatic rings. The first-order valence-electron chi connectivity index (χ1n) is 4.21. The molecule has 2 aromatic rings. The molecular weight excluding hydrogens is 178 g/mol. The molecule has 0 radical (unpaired) electrons. The van der Waals surface area contributed by atoms with Crippen LogP contribution in [0.15, 0.2) is 36.9 Å². The number of hydrogen-bond donors (Lipinski definition) is 0. The zero-order chi connectivity index (χ0) is 9.97. The Labute approximate surface area is 81.2 Å². The van der Waals surface area contributed by atoms with Crippen LogP contribution in [0.5, 0.6) is 0 Å². The molecule has 0 atom stereocenters. The van der Waals surface area contributed by atoms with E-state index >= 15 is 0 Å². The third kappa shape index (κ3) is 1.54. The first kappa shape index (κ1) is 8.62. The Bertz CT molecular complexity index is 447. The van der Waals surface area contributed by atoms with E-state index < -0.39 is 0 Å². The Morgan fingerprint density at radius 2 is 2.14 bits per heavy atom. The second-order valence-electron chi connectivity index (χ2n) is 2.97. The summed E-state index contributed by atoms with van der Waals surface area (Å²) in [7, 11) is 1.82. The number of pyridine rings is 1. The Morgan fingerprint density at radius 3 is 2.71 bits per heavy atom. The molecule has 0 aromatic carbocycles. The summed E-state index contributed by atoms with van der Waals surface area (Å²) in [6.45, 7) is 0. The van der Waals surface area contributed by atoms with E-state index in [2.05, 4.69) is 9.97 Å². The molecule has 2 heterocycles. The van der Waals surface area contributed by atoms with Crippen LogP contribution in [0.1, 0.15) is 16.2 Å². The minimum Gasteiger partial charge on any atom is -0.340 e. The van der Waals surface area contributed by atoms with Crippen molar-refractivity contribution in [3.8, 4) is 0 Å². The fourth-order valence-electron chi connectivity index (χ4n) is 1.16. The van der Waals surface area contributed by atoms with Crippen molar-refractivity contribution in [2.24, 2.45) is 7.05 Å². The van der Waals surface area contributed by atoms with Gasteiger partial charge in [-0.15, -0.1) is 0 Å². The van der Waals surface area contributed by atoms with Crippen LogP contribution < -0.4 is 0 Å². The Balaban J connectivity index is 2.34. The molecule has 0 saturated carbocycles. The number of carbonyl (C=O) groups is 1. The SMILES string of the molecule is Cn1cnc(C(=O)c2ccccn2)c1. The zero-order valence-corrected chi connectivity index (χ0v) is 7.71. The molecule has 0 unspecified atom stereocenters. The molecule has 0 bridgehead atoms. The lowest BCUT2D eigenvalue weighted by Gasteiger charge is -1.94. The van der Waals surface area contributed by atoms with Gasteiger partial charge in [0.2, 0.25) is 5.78 Å². The summed E-state index contributed by atoms with van der Waals surface area (Å²) in [6.07, 6.45) is 4.86. The highest BCUT2D eigenvalue weighted by atomic mass is 16.1. The fourth-order valence-corrected chi connectivity index (χ4v) is 1.16. The van der Waals surface area contributed by atoms with Gasteiger partial charge in [0.25, 0.3) is 0 Å². The first-order valence-corrected chi connectivity index (χ1v) is 4.21. The molecule has 14 heavy (non-hydrogen) atoms. The van der Waals surface area contributed by atoms with Gasteiger partial charge in [0.05, 0.1) is 6.33 Å². The number of rotatable bonds is 2. The average molecular weight is 187 g/mol. The summed E-state index contributed by atoms with van der Waals surface area (Å²) in [4.78, 5) is 19.7. The van der Waals surface area contributed by atoms with Crippen LogP contribution in [0.3, 0.4) is 0 Å². The third-order valence-electron chi connectivity index (χ3n) is 1.84. The van der Waals surface area contributed by atoms with Crippen LogP contribution in [0.25, 0.3) is 0 Å². The molecule has 4 heteroatoms. The molecule has 0 aliphatic carbocycles. The lowest BCUT2D eigenvalue weighted by Crippen LogP contribution is -2.03. The highest BCUT2D eigenvalue weighted by Gasteiger charge is 2.11. The first-order chi connectivity index (χ1) is 6.77. The normalized spacial score (nSPS) is 10.1. The van der Waals surface area contributed by atoms with Gasteiger partial charge < -0.3 is 4.57 Å². The van der Waals surface area contributed by atoms with Gasteiger partial charge in [0.1, 0.15) is 11.4 Å². The smallest absolute Gasteiger partial charge is 0.231 e. The highest BCUT2D eigenvalue weighted by molar-refractivity contribution is 6.06. The van der Waals surface area contributed by atoms with Crippen molar-refractivity contribution in [3.63, 3.8) is 0 Å². The highest BCUT2D eigenvalue weighted by Crippen LogP contribution is 2.03. The van der Waals surface area contributed by atoms with E-state index in [0.29, 0.717) is 11.4 Å². The van der Waals surface area contributed by atoms with E-state index in [4.69, 9.17) is 0 Å². The third-order valence-corrected chi connectivity index (χ3v) is 1.84. The number of imidazole rings is 1. The molecule has 2 aromatic heterocycles. The standard InChI is InChI=1S/C10H9N3O/c1-13-6-9(12-7-13)10(14)8-4-2-3-5-11-8/h2-7H,1H3. The van der Waals surface area contributed by atoms with Gasteiger partial charge >= 0.3 is 0 Å². The second kappa shape index (κ2) is 3.41. The van der Waals surface area contributed by atoms with Crippen molar-refractivity contribution in [1.82, 2.24) is 14.5 Å². The summed E-state index contributed by atoms with van der Waals surface area (Å²) in [6, 6.07) is 5.23. The van der Waals surface area contributed by atoms with Crippen LogP contribution in [-0.2, 0) is 7.05 Å². The Morgan fingerprint density at radius 1 is 1.29 bits per heavy atom. The Hall–Kier alpha value is -1.97. The number of nitrogens with zero attached hydrogens (tertiary/aromatic N) is 3. The number of ketones is 1. The number of aryl methyl sites for hydroxylation is 1. The van der Waals surface area contributed by atoms with Crippen LogP contribution in [-0.4, -0.2) is 20.3 Å². The summed E-state index contributed by atoms with van der Waals surface area (Å²) in [5, 5.41) is 0. The largest absolute Gasteiger partial charge is 0.340 e. The maximum Gasteiger partial charge on any atom is 0.231 e. The molecular formula is C10H9N3O. The molecule has 0 fully saturated rings. The van der Waals surface area contributed by atoms with Gasteiger partial charge in [0.15, 0.2) is 0 Å². The topological polar surface area (TPSA) is 47.8 Å². The molecule has 70 valence electrons. The van der Waals surface area contributed by atoms with Crippen LogP contribution in [0.4, 0.5) is 0 Å². The van der Waals surface area contributed by atoms with E-state index in [1.165, 1.54) is 0 Å². The van der Waals surface area contributed by atoms with Gasteiger partial charge in [0, 0.05) is 19.4 Å². The van der Waals surface area contributed by atoms with Gasteiger partial charge in [-0.25, -0.2) is 4.98 Å². The lowest BCUT2D eigenvalue weighted by atomic mass is 10.2. The molecule has 0 saturated heterocycles. The van der Waals surface area contributed by atoms with Crippen LogP contribution >= 0.6 is 0 Å². The van der Waals surface area contributed by atoms with Crippen molar-refractivity contribution < 1.29 is 4.79 Å². The fraction of sp³-hybridized carbons (Fsp3) is 0.100. The van der Waals surface area contributed by atoms with Gasteiger partial charge in [-0.1, -0.05) is 6.07 Å². The van der Waals surface area contributed by atoms with Crippen molar-refractivity contribution in [2.45, 2.75) is 0 Å². The molecule has 0 N–H and O–H groups in total. The Kier molecular flexibility index (Phi) is 2.10. The predicted molar refractivity (Wildman–Crippen MR) is 50.9 cm³/mol. The van der Waals surface area contributed by atoms with Crippen LogP contribution in [0.2, 0.25) is 0 Å². The molecule has 4 nitrogen and oxygen atoms in total. The van der Waals surface area contributed by atoms with Gasteiger partial charge in [-0.2, -0.15) is 0 Å². The maximum absolute atomic E-state index is 11.7. The summed E-state index contributed by atoms with van der Waals surface area (Å²) in [5.41, 5.74) is 0.845. The van der Waals surface area contributed by atoms with Crippen molar-refractivity contribution in [2.75, 3.05) is 0 Å². The van der Waals surface area contributed by atoms with E-state index in [9.17, 15) is 4.79 Å². The minimum atomic E-state index is -0.147. The van der Waals surface area contributed by atoms with Gasteiger partial charge in [-0.05, 0) is 12.1 Å². The average Bonchev–Trinajstić information content (AvgIpc) is 2.65. The zero-order valence-electron chi connectivity index (χ0n) is 7.71. The van der Waals surface area contributed by atoms with E-state index in [1.807, 2.05) is 7.05 Å². The van der Waals surface area contributed by atoms with Crippen molar-refractivity contribution >= 4 is 5.78 Å². The molecule has 2 rings (SSSR count).